The van der Waals surface area contributed by atoms with Gasteiger partial charge < -0.3 is 19.3 Å². The predicted octanol–water partition coefficient (Wildman–Crippen LogP) is 2.78. The molecule has 0 spiro atoms. The van der Waals surface area contributed by atoms with Crippen LogP contribution in [0.4, 0.5) is 0 Å². The number of amides is 1. The van der Waals surface area contributed by atoms with Crippen molar-refractivity contribution >= 4 is 5.91 Å². The number of likely N-dealkylation sites (N-methyl/N-ethyl adjacent to an activating group) is 1. The minimum Gasteiger partial charge on any atom is -0.454 e. The molecule has 2 heterocycles. The lowest BCUT2D eigenvalue weighted by molar-refractivity contribution is -0.909. The number of likely N-dealkylation sites (tertiary alicyclic amines) is 1. The maximum atomic E-state index is 13.5. The monoisotopic (exact) mass is 387 g/mol. The summed E-state index contributed by atoms with van der Waals surface area (Å²) in [6.45, 7) is 6.52. The highest BCUT2D eigenvalue weighted by Gasteiger charge is 2.33. The Balaban J connectivity index is 1.51. The molecule has 1 aliphatic carbocycles. The van der Waals surface area contributed by atoms with Crippen LogP contribution in [-0.2, 0) is 11.3 Å². The highest BCUT2D eigenvalue weighted by Crippen LogP contribution is 2.33. The third kappa shape index (κ3) is 4.45. The maximum absolute atomic E-state index is 13.5. The van der Waals surface area contributed by atoms with E-state index >= 15 is 0 Å². The standard InChI is InChI=1S/C23H34N2O3/c1-2-24-13-7-10-20(24)16-25(23(26)19-8-5-3-4-6-9-19)15-18-11-12-21-22(14-18)28-17-27-21/h11-12,14,19-20H,2-10,13,15-17H2,1H3/p+1/t20-/m0/s1. The van der Waals surface area contributed by atoms with E-state index in [4.69, 9.17) is 9.47 Å². The lowest BCUT2D eigenvalue weighted by atomic mass is 9.98. The number of carbonyl (C=O) groups excluding carboxylic acids is 1. The number of rotatable bonds is 6. The van der Waals surface area contributed by atoms with E-state index in [9.17, 15) is 4.79 Å². The van der Waals surface area contributed by atoms with Crippen molar-refractivity contribution in [1.29, 1.82) is 0 Å². The molecule has 4 rings (SSSR count). The van der Waals surface area contributed by atoms with Crippen molar-refractivity contribution in [3.63, 3.8) is 0 Å². The van der Waals surface area contributed by atoms with Crippen molar-refractivity contribution in [3.8, 4) is 11.5 Å². The fraction of sp³-hybridized carbons (Fsp3) is 0.696. The fourth-order valence-electron chi connectivity index (χ4n) is 5.21. The summed E-state index contributed by atoms with van der Waals surface area (Å²) in [7, 11) is 0. The number of carbonyl (C=O) groups is 1. The van der Waals surface area contributed by atoms with Gasteiger partial charge in [-0.2, -0.15) is 0 Å². The molecular formula is C23H35N2O3+. The third-order valence-corrected chi connectivity index (χ3v) is 6.85. The van der Waals surface area contributed by atoms with Crippen LogP contribution >= 0.6 is 0 Å². The van der Waals surface area contributed by atoms with E-state index in [0.29, 0.717) is 25.3 Å². The SMILES string of the molecule is CC[NH+]1CCC[C@H]1CN(Cc1ccc2c(c1)OCO2)C(=O)C1CCCCCC1. The lowest BCUT2D eigenvalue weighted by Crippen LogP contribution is -3.14. The number of quaternary nitrogens is 1. The second kappa shape index (κ2) is 9.17. The van der Waals surface area contributed by atoms with E-state index in [-0.39, 0.29) is 5.92 Å². The van der Waals surface area contributed by atoms with Crippen molar-refractivity contribution in [2.75, 3.05) is 26.4 Å². The maximum Gasteiger partial charge on any atom is 0.231 e. The van der Waals surface area contributed by atoms with Crippen LogP contribution in [-0.4, -0.2) is 43.3 Å². The summed E-state index contributed by atoms with van der Waals surface area (Å²) in [4.78, 5) is 17.4. The summed E-state index contributed by atoms with van der Waals surface area (Å²) in [5.74, 6) is 2.20. The second-order valence-corrected chi connectivity index (χ2v) is 8.70. The number of nitrogens with zero attached hydrogens (tertiary/aromatic N) is 1. The Hall–Kier alpha value is -1.75. The average molecular weight is 388 g/mol. The summed E-state index contributed by atoms with van der Waals surface area (Å²) in [5, 5.41) is 0. The largest absolute Gasteiger partial charge is 0.454 e. The third-order valence-electron chi connectivity index (χ3n) is 6.85. The first-order valence-corrected chi connectivity index (χ1v) is 11.3. The minimum atomic E-state index is 0.211. The summed E-state index contributed by atoms with van der Waals surface area (Å²) >= 11 is 0. The number of hydrogen-bond donors (Lipinski definition) is 1. The van der Waals surface area contributed by atoms with Crippen LogP contribution in [0.2, 0.25) is 0 Å². The van der Waals surface area contributed by atoms with E-state index in [0.717, 1.165) is 43.0 Å². The molecule has 0 bridgehead atoms. The molecule has 0 radical (unpaired) electrons. The molecule has 2 aliphatic heterocycles. The molecule has 1 saturated carbocycles. The second-order valence-electron chi connectivity index (χ2n) is 8.70. The zero-order chi connectivity index (χ0) is 19.3. The van der Waals surface area contributed by atoms with Gasteiger partial charge in [0.25, 0.3) is 0 Å². The van der Waals surface area contributed by atoms with Crippen LogP contribution in [0.25, 0.3) is 0 Å². The molecule has 1 amide bonds. The van der Waals surface area contributed by atoms with E-state index in [1.54, 1.807) is 4.90 Å². The Kier molecular flexibility index (Phi) is 6.40. The van der Waals surface area contributed by atoms with E-state index in [1.165, 1.54) is 45.1 Å². The highest BCUT2D eigenvalue weighted by atomic mass is 16.7. The molecule has 3 aliphatic rings. The van der Waals surface area contributed by atoms with E-state index < -0.39 is 0 Å². The van der Waals surface area contributed by atoms with Crippen molar-refractivity contribution in [2.45, 2.75) is 70.9 Å². The van der Waals surface area contributed by atoms with Gasteiger partial charge in [0.1, 0.15) is 6.04 Å². The van der Waals surface area contributed by atoms with Gasteiger partial charge in [0.05, 0.1) is 19.6 Å². The smallest absolute Gasteiger partial charge is 0.231 e. The Bertz CT molecular complexity index is 670. The van der Waals surface area contributed by atoms with Crippen molar-refractivity contribution in [3.05, 3.63) is 23.8 Å². The Labute approximate surface area is 169 Å². The van der Waals surface area contributed by atoms with Gasteiger partial charge in [-0.05, 0) is 37.5 Å². The molecule has 1 saturated heterocycles. The zero-order valence-electron chi connectivity index (χ0n) is 17.3. The van der Waals surface area contributed by atoms with Crippen molar-refractivity contribution < 1.29 is 19.2 Å². The molecule has 0 aromatic heterocycles. The fourth-order valence-corrected chi connectivity index (χ4v) is 5.21. The predicted molar refractivity (Wildman–Crippen MR) is 109 cm³/mol. The molecule has 1 aromatic rings. The van der Waals surface area contributed by atoms with Gasteiger partial charge in [-0.25, -0.2) is 0 Å². The summed E-state index contributed by atoms with van der Waals surface area (Å²) in [6.07, 6.45) is 9.60. The molecule has 2 atom stereocenters. The Morgan fingerprint density at radius 2 is 1.86 bits per heavy atom. The molecule has 2 fully saturated rings. The van der Waals surface area contributed by atoms with Crippen LogP contribution in [0.5, 0.6) is 11.5 Å². The molecule has 1 aromatic carbocycles. The normalized spacial score (nSPS) is 24.9. The van der Waals surface area contributed by atoms with E-state index in [1.807, 2.05) is 6.07 Å². The summed E-state index contributed by atoms with van der Waals surface area (Å²) in [6, 6.07) is 6.69. The Morgan fingerprint density at radius 3 is 2.64 bits per heavy atom. The van der Waals surface area contributed by atoms with Gasteiger partial charge >= 0.3 is 0 Å². The van der Waals surface area contributed by atoms with Gasteiger partial charge in [-0.15, -0.1) is 0 Å². The first-order chi connectivity index (χ1) is 13.7. The topological polar surface area (TPSA) is 43.2 Å². The quantitative estimate of drug-likeness (QED) is 0.764. The first kappa shape index (κ1) is 19.6. The van der Waals surface area contributed by atoms with Crippen LogP contribution < -0.4 is 14.4 Å². The molecule has 1 unspecified atom stereocenters. The lowest BCUT2D eigenvalue weighted by Gasteiger charge is -2.31. The molecule has 154 valence electrons. The van der Waals surface area contributed by atoms with Crippen LogP contribution in [0.1, 0.15) is 63.9 Å². The first-order valence-electron chi connectivity index (χ1n) is 11.3. The number of benzene rings is 1. The minimum absolute atomic E-state index is 0.211. The van der Waals surface area contributed by atoms with Crippen LogP contribution in [0, 0.1) is 5.92 Å². The molecule has 5 nitrogen and oxygen atoms in total. The number of ether oxygens (including phenoxy) is 2. The van der Waals surface area contributed by atoms with Crippen LogP contribution in [0.15, 0.2) is 18.2 Å². The Morgan fingerprint density at radius 1 is 1.07 bits per heavy atom. The van der Waals surface area contributed by atoms with Crippen LogP contribution in [0.3, 0.4) is 0 Å². The van der Waals surface area contributed by atoms with Gasteiger partial charge in [-0.3, -0.25) is 4.79 Å². The summed E-state index contributed by atoms with van der Waals surface area (Å²) < 4.78 is 11.0. The zero-order valence-corrected chi connectivity index (χ0v) is 17.3. The van der Waals surface area contributed by atoms with Gasteiger partial charge in [0, 0.05) is 25.3 Å². The number of fused-ring (bicyclic) bond motifs is 1. The van der Waals surface area contributed by atoms with Crippen molar-refractivity contribution in [1.82, 2.24) is 4.90 Å². The number of hydrogen-bond acceptors (Lipinski definition) is 3. The molecule has 5 heteroatoms. The number of nitrogens with one attached hydrogen (secondary N) is 1. The average Bonchev–Trinajstić information content (AvgIpc) is 3.28. The van der Waals surface area contributed by atoms with Gasteiger partial charge in [-0.1, -0.05) is 31.7 Å². The molecule has 1 N–H and O–H groups in total. The molecule has 28 heavy (non-hydrogen) atoms. The summed E-state index contributed by atoms with van der Waals surface area (Å²) in [5.41, 5.74) is 1.14. The highest BCUT2D eigenvalue weighted by molar-refractivity contribution is 5.79. The van der Waals surface area contributed by atoms with Gasteiger partial charge in [0.2, 0.25) is 12.7 Å². The van der Waals surface area contributed by atoms with E-state index in [2.05, 4.69) is 24.0 Å². The van der Waals surface area contributed by atoms with Crippen molar-refractivity contribution in [2.24, 2.45) is 5.92 Å². The van der Waals surface area contributed by atoms with Gasteiger partial charge in [0.15, 0.2) is 11.5 Å². The molecular weight excluding hydrogens is 352 g/mol.